The summed E-state index contributed by atoms with van der Waals surface area (Å²) in [6, 6.07) is 9.46. The van der Waals surface area contributed by atoms with E-state index < -0.39 is 8.07 Å². The summed E-state index contributed by atoms with van der Waals surface area (Å²) in [6.07, 6.45) is 2.89. The molecule has 2 aromatic carbocycles. The maximum Gasteiger partial charge on any atom is 0.203 e. The van der Waals surface area contributed by atoms with Crippen molar-refractivity contribution >= 4 is 13.3 Å². The van der Waals surface area contributed by atoms with Crippen molar-refractivity contribution < 1.29 is 19.7 Å². The summed E-state index contributed by atoms with van der Waals surface area (Å²) in [5, 5.41) is 23.0. The highest BCUT2D eigenvalue weighted by Gasteiger charge is 2.32. The summed E-state index contributed by atoms with van der Waals surface area (Å²) >= 11 is 0. The maximum absolute atomic E-state index is 11.2. The quantitative estimate of drug-likeness (QED) is 0.415. The molecule has 148 valence electrons. The third-order valence-electron chi connectivity index (χ3n) is 4.36. The number of aromatic hydroxyl groups is 2. The molecule has 0 atom stereocenters. The van der Waals surface area contributed by atoms with Crippen LogP contribution in [-0.2, 0) is 0 Å². The predicted molar refractivity (Wildman–Crippen MR) is 117 cm³/mol. The molecule has 2 N–H and O–H groups in total. The van der Waals surface area contributed by atoms with Crippen molar-refractivity contribution in [1.29, 1.82) is 0 Å². The van der Waals surface area contributed by atoms with Gasteiger partial charge >= 0.3 is 0 Å². The van der Waals surface area contributed by atoms with Crippen LogP contribution in [0.2, 0.25) is 19.6 Å². The molecule has 0 aromatic heterocycles. The monoisotopic (exact) mass is 396 g/mol. The summed E-state index contributed by atoms with van der Waals surface area (Å²) in [5.74, 6) is 6.13. The van der Waals surface area contributed by atoms with Crippen LogP contribution < -0.4 is 9.47 Å². The minimum atomic E-state index is -1.87. The Hall–Kier alpha value is -2.84. The Morgan fingerprint density at radius 1 is 0.964 bits per heavy atom. The molecule has 0 fully saturated rings. The van der Waals surface area contributed by atoms with E-state index in [9.17, 15) is 10.2 Å². The zero-order valence-electron chi connectivity index (χ0n) is 17.4. The van der Waals surface area contributed by atoms with E-state index in [2.05, 4.69) is 37.6 Å². The number of methoxy groups -OCH3 is 2. The third kappa shape index (κ3) is 4.34. The third-order valence-corrected chi connectivity index (χ3v) is 6.43. The highest BCUT2D eigenvalue weighted by molar-refractivity contribution is 6.93. The average molecular weight is 397 g/mol. The first-order valence-electron chi connectivity index (χ1n) is 9.24. The molecule has 28 heavy (non-hydrogen) atoms. The van der Waals surface area contributed by atoms with E-state index in [-0.39, 0.29) is 28.6 Å². The molecule has 0 spiro atoms. The topological polar surface area (TPSA) is 58.9 Å². The Labute approximate surface area is 168 Å². The van der Waals surface area contributed by atoms with E-state index in [1.807, 2.05) is 37.3 Å². The lowest BCUT2D eigenvalue weighted by Gasteiger charge is -2.26. The SMILES string of the molecule is CC/C=C(\c1c(O)c(C#Cc2ccccc2)c(OC)c(O)c1OC)[Si](C)(C)C. The fraction of sp³-hybridized carbons (Fsp3) is 0.304. The van der Waals surface area contributed by atoms with Crippen LogP contribution in [-0.4, -0.2) is 32.5 Å². The van der Waals surface area contributed by atoms with Gasteiger partial charge in [0.05, 0.1) is 27.9 Å². The molecule has 5 heteroatoms. The molecule has 0 saturated heterocycles. The number of hydrogen-bond acceptors (Lipinski definition) is 4. The van der Waals surface area contributed by atoms with Crippen molar-refractivity contribution in [1.82, 2.24) is 0 Å². The highest BCUT2D eigenvalue weighted by Crippen LogP contribution is 2.51. The van der Waals surface area contributed by atoms with Crippen LogP contribution in [0.5, 0.6) is 23.0 Å². The first-order chi connectivity index (χ1) is 13.3. The summed E-state index contributed by atoms with van der Waals surface area (Å²) < 4.78 is 10.9. The fourth-order valence-corrected chi connectivity index (χ4v) is 4.89. The van der Waals surface area contributed by atoms with E-state index in [4.69, 9.17) is 9.47 Å². The summed E-state index contributed by atoms with van der Waals surface area (Å²) in [4.78, 5) is 0. The second kappa shape index (κ2) is 8.90. The first kappa shape index (κ1) is 21.5. The zero-order chi connectivity index (χ0) is 20.9. The summed E-state index contributed by atoms with van der Waals surface area (Å²) in [5.41, 5.74) is 1.55. The Balaban J connectivity index is 2.86. The number of hydrogen-bond donors (Lipinski definition) is 2. The molecular formula is C23H28O4Si. The molecule has 0 saturated carbocycles. The van der Waals surface area contributed by atoms with Gasteiger partial charge in [-0.1, -0.05) is 62.7 Å². The number of phenols is 2. The van der Waals surface area contributed by atoms with Crippen molar-refractivity contribution in [2.24, 2.45) is 0 Å². The van der Waals surface area contributed by atoms with Gasteiger partial charge in [-0.25, -0.2) is 0 Å². The van der Waals surface area contributed by atoms with Crippen LogP contribution in [0.3, 0.4) is 0 Å². The number of rotatable bonds is 5. The fourth-order valence-electron chi connectivity index (χ4n) is 3.09. The second-order valence-electron chi connectivity index (χ2n) is 7.41. The van der Waals surface area contributed by atoms with Crippen LogP contribution >= 0.6 is 0 Å². The van der Waals surface area contributed by atoms with Crippen molar-refractivity contribution in [3.8, 4) is 34.8 Å². The molecule has 0 aliphatic heterocycles. The van der Waals surface area contributed by atoms with Gasteiger partial charge < -0.3 is 19.7 Å². The molecule has 0 aliphatic rings. The number of allylic oxidation sites excluding steroid dienone is 1. The van der Waals surface area contributed by atoms with Crippen molar-refractivity contribution in [3.63, 3.8) is 0 Å². The van der Waals surface area contributed by atoms with Gasteiger partial charge in [0.1, 0.15) is 11.3 Å². The molecular weight excluding hydrogens is 368 g/mol. The van der Waals surface area contributed by atoms with Gasteiger partial charge in [-0.2, -0.15) is 0 Å². The van der Waals surface area contributed by atoms with Crippen molar-refractivity contribution in [2.45, 2.75) is 33.0 Å². The standard InChI is InChI=1S/C23H28O4Si/c1-7-11-18(28(4,5)6)19-20(24)17(15-14-16-12-9-8-10-13-16)22(26-2)21(25)23(19)27-3/h8-13,24-25H,7H2,1-6H3/b18-11+. The van der Waals surface area contributed by atoms with Crippen molar-refractivity contribution in [2.75, 3.05) is 14.2 Å². The molecule has 0 bridgehead atoms. The lowest BCUT2D eigenvalue weighted by molar-refractivity contribution is 0.333. The second-order valence-corrected chi connectivity index (χ2v) is 12.4. The first-order valence-corrected chi connectivity index (χ1v) is 12.7. The maximum atomic E-state index is 11.2. The molecule has 4 nitrogen and oxygen atoms in total. The lowest BCUT2D eigenvalue weighted by Crippen LogP contribution is -2.23. The minimum Gasteiger partial charge on any atom is -0.506 e. The van der Waals surface area contributed by atoms with Gasteiger partial charge in [0.15, 0.2) is 11.5 Å². The zero-order valence-corrected chi connectivity index (χ0v) is 18.4. The van der Waals surface area contributed by atoms with E-state index in [0.29, 0.717) is 5.56 Å². The van der Waals surface area contributed by atoms with Gasteiger partial charge in [-0.05, 0) is 23.7 Å². The normalized spacial score (nSPS) is 11.6. The highest BCUT2D eigenvalue weighted by atomic mass is 28.3. The van der Waals surface area contributed by atoms with E-state index in [1.165, 1.54) is 14.2 Å². The smallest absolute Gasteiger partial charge is 0.203 e. The van der Waals surface area contributed by atoms with E-state index in [0.717, 1.165) is 17.2 Å². The molecule has 0 radical (unpaired) electrons. The Bertz CT molecular complexity index is 929. The molecule has 0 amide bonds. The Morgan fingerprint density at radius 3 is 2.07 bits per heavy atom. The van der Waals surface area contributed by atoms with Gasteiger partial charge in [-0.15, -0.1) is 0 Å². The Kier molecular flexibility index (Phi) is 6.82. The van der Waals surface area contributed by atoms with Crippen LogP contribution in [0.4, 0.5) is 0 Å². The van der Waals surface area contributed by atoms with E-state index in [1.54, 1.807) is 0 Å². The number of phenolic OH excluding ortho intramolecular Hbond substituents is 2. The minimum absolute atomic E-state index is 0.0305. The molecule has 2 aromatic rings. The number of benzene rings is 2. The van der Waals surface area contributed by atoms with Crippen LogP contribution in [0, 0.1) is 11.8 Å². The average Bonchev–Trinajstić information content (AvgIpc) is 2.66. The van der Waals surface area contributed by atoms with Gasteiger partial charge in [0, 0.05) is 5.56 Å². The predicted octanol–water partition coefficient (Wildman–Crippen LogP) is 5.19. The summed E-state index contributed by atoms with van der Waals surface area (Å²) in [7, 11) is 1.04. The lowest BCUT2D eigenvalue weighted by atomic mass is 10.0. The van der Waals surface area contributed by atoms with Gasteiger partial charge in [0.2, 0.25) is 5.75 Å². The van der Waals surface area contributed by atoms with Gasteiger partial charge in [0.25, 0.3) is 0 Å². The van der Waals surface area contributed by atoms with E-state index >= 15 is 0 Å². The molecule has 2 rings (SSSR count). The van der Waals surface area contributed by atoms with Gasteiger partial charge in [-0.3, -0.25) is 0 Å². The number of ether oxygens (including phenoxy) is 2. The molecule has 0 unspecified atom stereocenters. The molecule has 0 heterocycles. The van der Waals surface area contributed by atoms with Crippen LogP contribution in [0.25, 0.3) is 5.20 Å². The molecule has 0 aliphatic carbocycles. The van der Waals surface area contributed by atoms with Crippen LogP contribution in [0.15, 0.2) is 36.4 Å². The Morgan fingerprint density at radius 2 is 1.57 bits per heavy atom. The van der Waals surface area contributed by atoms with Crippen LogP contribution in [0.1, 0.15) is 30.0 Å². The van der Waals surface area contributed by atoms with Crippen molar-refractivity contribution in [3.05, 3.63) is 53.1 Å². The largest absolute Gasteiger partial charge is 0.506 e. The summed E-state index contributed by atoms with van der Waals surface area (Å²) in [6.45, 7) is 8.60.